The fraction of sp³-hybridized carbons (Fsp3) is 0.143. The van der Waals surface area contributed by atoms with Gasteiger partial charge in [0.15, 0.2) is 0 Å². The molecule has 0 radical (unpaired) electrons. The molecule has 0 saturated carbocycles. The maximum Gasteiger partial charge on any atom is 0.106 e. The molecule has 1 heterocycles. The first-order valence-electron chi connectivity index (χ1n) is 2.94. The van der Waals surface area contributed by atoms with E-state index in [0.29, 0.717) is 4.36 Å². The van der Waals surface area contributed by atoms with Crippen LogP contribution in [-0.2, 0) is 10.8 Å². The van der Waals surface area contributed by atoms with E-state index >= 15 is 0 Å². The predicted octanol–water partition coefficient (Wildman–Crippen LogP) is 2.66. The minimum atomic E-state index is -1.06. The molecular weight excluding hydrogens is 200 g/mol. The highest BCUT2D eigenvalue weighted by Crippen LogP contribution is 2.16. The van der Waals surface area contributed by atoms with E-state index in [1.807, 2.05) is 17.5 Å². The maximum absolute atomic E-state index is 10.8. The van der Waals surface area contributed by atoms with Crippen LogP contribution in [0.5, 0.6) is 0 Å². The highest BCUT2D eigenvalue weighted by Gasteiger charge is 1.96. The Morgan fingerprint density at radius 2 is 2.55 bits per heavy atom. The molecule has 0 bridgehead atoms. The van der Waals surface area contributed by atoms with Gasteiger partial charge < -0.3 is 0 Å². The Labute approximate surface area is 77.2 Å². The van der Waals surface area contributed by atoms with E-state index in [1.165, 1.54) is 0 Å². The molecule has 60 valence electrons. The van der Waals surface area contributed by atoms with Crippen molar-refractivity contribution in [2.24, 2.45) is 0 Å². The zero-order valence-corrected chi connectivity index (χ0v) is 8.30. The minimum Gasteiger partial charge on any atom is -0.254 e. The zero-order chi connectivity index (χ0) is 8.27. The lowest BCUT2D eigenvalue weighted by atomic mass is 10.5. The molecule has 0 aliphatic heterocycles. The summed E-state index contributed by atoms with van der Waals surface area (Å²) in [5, 5.41) is 1.95. The molecule has 0 spiro atoms. The molecule has 1 aromatic heterocycles. The predicted molar refractivity (Wildman–Crippen MR) is 52.2 cm³/mol. The summed E-state index contributed by atoms with van der Waals surface area (Å²) in [7, 11) is -1.06. The van der Waals surface area contributed by atoms with Crippen molar-refractivity contribution in [3.63, 3.8) is 0 Å². The van der Waals surface area contributed by atoms with Crippen LogP contribution in [0.15, 0.2) is 21.9 Å². The fourth-order valence-corrected chi connectivity index (χ4v) is 1.78. The Bertz CT molecular complexity index is 277. The topological polar surface area (TPSA) is 17.1 Å². The summed E-state index contributed by atoms with van der Waals surface area (Å²) in [6.07, 6.45) is 3.29. The second-order valence-electron chi connectivity index (χ2n) is 1.92. The molecule has 1 unspecified atom stereocenters. The average molecular weight is 207 g/mol. The van der Waals surface area contributed by atoms with Gasteiger partial charge in [0.2, 0.25) is 0 Å². The Hall–Kier alpha value is -0.120. The monoisotopic (exact) mass is 206 g/mol. The van der Waals surface area contributed by atoms with Gasteiger partial charge in [0.25, 0.3) is 0 Å². The largest absolute Gasteiger partial charge is 0.254 e. The normalized spacial score (nSPS) is 14.9. The van der Waals surface area contributed by atoms with Crippen LogP contribution in [-0.4, -0.2) is 10.5 Å². The summed E-state index contributed by atoms with van der Waals surface area (Å²) >= 11 is 7.25. The first-order valence-corrected chi connectivity index (χ1v) is 5.76. The number of thiophene rings is 1. The van der Waals surface area contributed by atoms with Crippen molar-refractivity contribution in [3.05, 3.63) is 26.8 Å². The summed E-state index contributed by atoms with van der Waals surface area (Å²) in [5.41, 5.74) is 0. The third-order valence-electron chi connectivity index (χ3n) is 1.07. The molecule has 1 aromatic rings. The van der Waals surface area contributed by atoms with Crippen LogP contribution in [0.3, 0.4) is 0 Å². The number of halogens is 1. The first kappa shape index (κ1) is 8.97. The van der Waals surface area contributed by atoms with E-state index in [1.54, 1.807) is 23.7 Å². The fourth-order valence-electron chi connectivity index (χ4n) is 0.568. The van der Waals surface area contributed by atoms with Crippen molar-refractivity contribution in [2.75, 3.05) is 6.26 Å². The van der Waals surface area contributed by atoms with E-state index in [-0.39, 0.29) is 0 Å². The van der Waals surface area contributed by atoms with Crippen LogP contribution in [0.4, 0.5) is 0 Å². The molecular formula is C7H7ClOS2. The van der Waals surface area contributed by atoms with Gasteiger partial charge in [0.05, 0.1) is 10.8 Å². The van der Waals surface area contributed by atoms with Gasteiger partial charge in [-0.05, 0) is 17.5 Å². The van der Waals surface area contributed by atoms with Gasteiger partial charge in [0, 0.05) is 11.1 Å². The van der Waals surface area contributed by atoms with Crippen LogP contribution in [0.2, 0.25) is 0 Å². The lowest BCUT2D eigenvalue weighted by Gasteiger charge is -1.89. The smallest absolute Gasteiger partial charge is 0.106 e. The van der Waals surface area contributed by atoms with Gasteiger partial charge in [-0.3, -0.25) is 4.21 Å². The van der Waals surface area contributed by atoms with Crippen LogP contribution in [0.25, 0.3) is 6.08 Å². The molecule has 0 aliphatic rings. The Balaban J connectivity index is 2.82. The van der Waals surface area contributed by atoms with E-state index < -0.39 is 10.8 Å². The molecule has 1 rings (SSSR count). The Morgan fingerprint density at radius 3 is 3.00 bits per heavy atom. The highest BCUT2D eigenvalue weighted by molar-refractivity contribution is 7.90. The summed E-state index contributed by atoms with van der Waals surface area (Å²) in [5.74, 6) is 0. The second-order valence-corrected chi connectivity index (χ2v) is 4.88. The van der Waals surface area contributed by atoms with E-state index in [0.717, 1.165) is 4.88 Å². The Kier molecular flexibility index (Phi) is 3.30. The van der Waals surface area contributed by atoms with Crippen LogP contribution in [0, 0.1) is 0 Å². The van der Waals surface area contributed by atoms with E-state index in [4.69, 9.17) is 11.6 Å². The van der Waals surface area contributed by atoms with E-state index in [2.05, 4.69) is 0 Å². The average Bonchev–Trinajstić information content (AvgIpc) is 2.39. The van der Waals surface area contributed by atoms with Gasteiger partial charge in [-0.25, -0.2) is 0 Å². The minimum absolute atomic E-state index is 0.396. The summed E-state index contributed by atoms with van der Waals surface area (Å²) in [4.78, 5) is 1.03. The lowest BCUT2D eigenvalue weighted by Crippen LogP contribution is -1.81. The molecule has 0 aliphatic carbocycles. The standard InChI is InChI=1S/C7H7ClOS2/c1-11(9)7(8)5-6-3-2-4-10-6/h2-5H,1H3. The molecule has 0 fully saturated rings. The van der Waals surface area contributed by atoms with Gasteiger partial charge in [0.1, 0.15) is 4.36 Å². The van der Waals surface area contributed by atoms with Crippen LogP contribution >= 0.6 is 22.9 Å². The van der Waals surface area contributed by atoms with E-state index in [9.17, 15) is 4.21 Å². The number of hydrogen-bond acceptors (Lipinski definition) is 2. The molecule has 4 heteroatoms. The van der Waals surface area contributed by atoms with Crippen molar-refractivity contribution < 1.29 is 4.21 Å². The van der Waals surface area contributed by atoms with Crippen molar-refractivity contribution in [2.45, 2.75) is 0 Å². The summed E-state index contributed by atoms with van der Waals surface area (Å²) in [6.45, 7) is 0. The zero-order valence-electron chi connectivity index (χ0n) is 5.91. The van der Waals surface area contributed by atoms with Gasteiger partial charge >= 0.3 is 0 Å². The van der Waals surface area contributed by atoms with Crippen molar-refractivity contribution in [3.8, 4) is 0 Å². The third-order valence-corrected chi connectivity index (χ3v) is 3.32. The van der Waals surface area contributed by atoms with Gasteiger partial charge in [-0.2, -0.15) is 0 Å². The molecule has 11 heavy (non-hydrogen) atoms. The molecule has 0 saturated heterocycles. The molecule has 0 aromatic carbocycles. The van der Waals surface area contributed by atoms with Gasteiger partial charge in [-0.1, -0.05) is 17.7 Å². The number of hydrogen-bond donors (Lipinski definition) is 0. The first-order chi connectivity index (χ1) is 5.20. The molecule has 0 amide bonds. The summed E-state index contributed by atoms with van der Waals surface area (Å²) < 4.78 is 11.2. The van der Waals surface area contributed by atoms with Gasteiger partial charge in [-0.15, -0.1) is 11.3 Å². The number of rotatable bonds is 2. The molecule has 1 nitrogen and oxygen atoms in total. The Morgan fingerprint density at radius 1 is 1.82 bits per heavy atom. The molecule has 1 atom stereocenters. The quantitative estimate of drug-likeness (QED) is 0.727. The van der Waals surface area contributed by atoms with Crippen molar-refractivity contribution >= 4 is 39.8 Å². The summed E-state index contributed by atoms with van der Waals surface area (Å²) in [6, 6.07) is 3.86. The SMILES string of the molecule is CS(=O)C(Cl)=Cc1cccs1. The van der Waals surface area contributed by atoms with Crippen molar-refractivity contribution in [1.29, 1.82) is 0 Å². The highest BCUT2D eigenvalue weighted by atomic mass is 35.5. The maximum atomic E-state index is 10.8. The third kappa shape index (κ3) is 2.77. The van der Waals surface area contributed by atoms with Crippen LogP contribution < -0.4 is 0 Å². The lowest BCUT2D eigenvalue weighted by molar-refractivity contribution is 0.691. The van der Waals surface area contributed by atoms with Crippen molar-refractivity contribution in [1.82, 2.24) is 0 Å². The second kappa shape index (κ2) is 4.04. The molecule has 0 N–H and O–H groups in total. The van der Waals surface area contributed by atoms with Crippen LogP contribution in [0.1, 0.15) is 4.88 Å².